The Hall–Kier alpha value is -0.910. The Morgan fingerprint density at radius 1 is 1.47 bits per heavy atom. The number of hydrogen-bond donors (Lipinski definition) is 2. The second-order valence-corrected chi connectivity index (χ2v) is 6.01. The van der Waals surface area contributed by atoms with Crippen LogP contribution in [0, 0.1) is 0 Å². The van der Waals surface area contributed by atoms with Gasteiger partial charge in [0.1, 0.15) is 5.54 Å². The van der Waals surface area contributed by atoms with Crippen LogP contribution in [0.3, 0.4) is 0 Å². The number of amides is 1. The Morgan fingerprint density at radius 3 is 2.74 bits per heavy atom. The molecule has 1 saturated heterocycles. The first-order chi connectivity index (χ1) is 9.00. The molecule has 1 fully saturated rings. The van der Waals surface area contributed by atoms with Crippen LogP contribution < -0.4 is 11.1 Å². The van der Waals surface area contributed by atoms with Gasteiger partial charge in [0.05, 0.1) is 12.6 Å². The summed E-state index contributed by atoms with van der Waals surface area (Å²) in [6.45, 7) is 3.08. The zero-order valence-corrected chi connectivity index (χ0v) is 12.6. The fourth-order valence-electron chi connectivity index (χ4n) is 2.12. The summed E-state index contributed by atoms with van der Waals surface area (Å²) in [6.07, 6.45) is 1.92. The molecular formula is C14H19BrN2O2. The van der Waals surface area contributed by atoms with E-state index in [1.54, 1.807) is 6.92 Å². The van der Waals surface area contributed by atoms with E-state index in [4.69, 9.17) is 10.5 Å². The highest BCUT2D eigenvalue weighted by Gasteiger charge is 2.32. The monoisotopic (exact) mass is 326 g/mol. The second-order valence-electron chi connectivity index (χ2n) is 5.10. The van der Waals surface area contributed by atoms with Crippen LogP contribution in [0.4, 0.5) is 0 Å². The summed E-state index contributed by atoms with van der Waals surface area (Å²) in [5, 5.41) is 2.97. The molecule has 1 aliphatic heterocycles. The lowest BCUT2D eigenvalue weighted by atomic mass is 9.91. The number of nitrogens with two attached hydrogens (primary N) is 1. The SMILES string of the molecule is CC(N)(C(=O)NC1CCCOC1)c1ccc(Br)cc1. The molecular weight excluding hydrogens is 308 g/mol. The van der Waals surface area contributed by atoms with Gasteiger partial charge < -0.3 is 15.8 Å². The number of benzene rings is 1. The standard InChI is InChI=1S/C14H19BrN2O2/c1-14(16,10-4-6-11(15)7-5-10)13(18)17-12-3-2-8-19-9-12/h4-7,12H,2-3,8-9,16H2,1H3,(H,17,18). The molecule has 1 aromatic carbocycles. The van der Waals surface area contributed by atoms with E-state index in [0.29, 0.717) is 6.61 Å². The molecule has 2 atom stereocenters. The highest BCUT2D eigenvalue weighted by molar-refractivity contribution is 9.10. The molecule has 4 nitrogen and oxygen atoms in total. The maximum absolute atomic E-state index is 12.3. The smallest absolute Gasteiger partial charge is 0.244 e. The molecule has 0 aromatic heterocycles. The number of nitrogens with one attached hydrogen (secondary N) is 1. The Morgan fingerprint density at radius 2 is 2.16 bits per heavy atom. The molecule has 1 heterocycles. The predicted molar refractivity (Wildman–Crippen MR) is 77.7 cm³/mol. The molecule has 2 rings (SSSR count). The number of carbonyl (C=O) groups excluding carboxylic acids is 1. The van der Waals surface area contributed by atoms with Gasteiger partial charge in [0.15, 0.2) is 0 Å². The van der Waals surface area contributed by atoms with Crippen molar-refractivity contribution < 1.29 is 9.53 Å². The van der Waals surface area contributed by atoms with E-state index in [9.17, 15) is 4.79 Å². The van der Waals surface area contributed by atoms with Gasteiger partial charge in [0, 0.05) is 11.1 Å². The fraction of sp³-hybridized carbons (Fsp3) is 0.500. The molecule has 0 spiro atoms. The van der Waals surface area contributed by atoms with Gasteiger partial charge in [-0.25, -0.2) is 0 Å². The topological polar surface area (TPSA) is 64.4 Å². The fourth-order valence-corrected chi connectivity index (χ4v) is 2.38. The van der Waals surface area contributed by atoms with Crippen molar-refractivity contribution in [2.24, 2.45) is 5.73 Å². The molecule has 2 unspecified atom stereocenters. The van der Waals surface area contributed by atoms with E-state index in [-0.39, 0.29) is 11.9 Å². The molecule has 1 amide bonds. The lowest BCUT2D eigenvalue weighted by Gasteiger charge is -2.29. The highest BCUT2D eigenvalue weighted by atomic mass is 79.9. The van der Waals surface area contributed by atoms with Crippen molar-refractivity contribution in [3.05, 3.63) is 34.3 Å². The lowest BCUT2D eigenvalue weighted by molar-refractivity contribution is -0.127. The predicted octanol–water partition coefficient (Wildman–Crippen LogP) is 1.92. The quantitative estimate of drug-likeness (QED) is 0.891. The maximum Gasteiger partial charge on any atom is 0.244 e. The average Bonchev–Trinajstić information content (AvgIpc) is 2.40. The van der Waals surface area contributed by atoms with Crippen LogP contribution >= 0.6 is 15.9 Å². The van der Waals surface area contributed by atoms with Crippen LogP contribution in [0.25, 0.3) is 0 Å². The summed E-state index contributed by atoms with van der Waals surface area (Å²) in [7, 11) is 0. The Kier molecular flexibility index (Phi) is 4.60. The van der Waals surface area contributed by atoms with Crippen molar-refractivity contribution in [1.29, 1.82) is 0 Å². The van der Waals surface area contributed by atoms with Crippen LogP contribution in [0.1, 0.15) is 25.3 Å². The van der Waals surface area contributed by atoms with Gasteiger partial charge in [-0.15, -0.1) is 0 Å². The van der Waals surface area contributed by atoms with Crippen LogP contribution in [-0.2, 0) is 15.1 Å². The van der Waals surface area contributed by atoms with E-state index >= 15 is 0 Å². The third-order valence-corrected chi connectivity index (χ3v) is 3.94. The molecule has 0 saturated carbocycles. The van der Waals surface area contributed by atoms with Gasteiger partial charge in [0.25, 0.3) is 0 Å². The molecule has 0 bridgehead atoms. The number of ether oxygens (including phenoxy) is 1. The van der Waals surface area contributed by atoms with Crippen LogP contribution in [-0.4, -0.2) is 25.2 Å². The summed E-state index contributed by atoms with van der Waals surface area (Å²) in [4.78, 5) is 12.3. The van der Waals surface area contributed by atoms with Crippen molar-refractivity contribution in [1.82, 2.24) is 5.32 Å². The van der Waals surface area contributed by atoms with E-state index in [1.165, 1.54) is 0 Å². The Bertz CT molecular complexity index is 439. The molecule has 19 heavy (non-hydrogen) atoms. The van der Waals surface area contributed by atoms with Crippen molar-refractivity contribution >= 4 is 21.8 Å². The first kappa shape index (κ1) is 14.5. The Balaban J connectivity index is 2.05. The summed E-state index contributed by atoms with van der Waals surface area (Å²) in [5.74, 6) is -0.162. The van der Waals surface area contributed by atoms with Gasteiger partial charge in [0.2, 0.25) is 5.91 Å². The summed E-state index contributed by atoms with van der Waals surface area (Å²) < 4.78 is 6.32. The largest absolute Gasteiger partial charge is 0.379 e. The van der Waals surface area contributed by atoms with Gasteiger partial charge >= 0.3 is 0 Å². The minimum Gasteiger partial charge on any atom is -0.379 e. The second kappa shape index (κ2) is 6.03. The molecule has 5 heteroatoms. The number of carbonyl (C=O) groups is 1. The van der Waals surface area contributed by atoms with Crippen LogP contribution in [0.15, 0.2) is 28.7 Å². The molecule has 0 radical (unpaired) electrons. The zero-order valence-electron chi connectivity index (χ0n) is 11.0. The summed E-state index contributed by atoms with van der Waals surface area (Å²) in [6, 6.07) is 7.57. The van der Waals surface area contributed by atoms with Crippen molar-refractivity contribution in [3.8, 4) is 0 Å². The van der Waals surface area contributed by atoms with E-state index < -0.39 is 5.54 Å². The average molecular weight is 327 g/mol. The number of hydrogen-bond acceptors (Lipinski definition) is 3. The zero-order chi connectivity index (χ0) is 13.9. The third kappa shape index (κ3) is 3.55. The first-order valence-corrected chi connectivity index (χ1v) is 7.23. The van der Waals surface area contributed by atoms with Crippen molar-refractivity contribution in [2.75, 3.05) is 13.2 Å². The first-order valence-electron chi connectivity index (χ1n) is 6.44. The summed E-state index contributed by atoms with van der Waals surface area (Å²) in [5.41, 5.74) is 5.95. The lowest BCUT2D eigenvalue weighted by Crippen LogP contribution is -2.53. The minimum absolute atomic E-state index is 0.0690. The molecule has 1 aromatic rings. The third-order valence-electron chi connectivity index (χ3n) is 3.41. The summed E-state index contributed by atoms with van der Waals surface area (Å²) >= 11 is 3.37. The molecule has 0 aliphatic carbocycles. The number of halogens is 1. The molecule has 3 N–H and O–H groups in total. The normalized spacial score (nSPS) is 22.6. The molecule has 1 aliphatic rings. The van der Waals surface area contributed by atoms with E-state index in [2.05, 4.69) is 21.2 Å². The van der Waals surface area contributed by atoms with Crippen molar-refractivity contribution in [2.45, 2.75) is 31.3 Å². The van der Waals surface area contributed by atoms with Crippen LogP contribution in [0.5, 0.6) is 0 Å². The number of rotatable bonds is 3. The van der Waals surface area contributed by atoms with Crippen LogP contribution in [0.2, 0.25) is 0 Å². The van der Waals surface area contributed by atoms with Gasteiger partial charge in [-0.3, -0.25) is 4.79 Å². The van der Waals surface area contributed by atoms with E-state index in [1.807, 2.05) is 24.3 Å². The van der Waals surface area contributed by atoms with Crippen molar-refractivity contribution in [3.63, 3.8) is 0 Å². The highest BCUT2D eigenvalue weighted by Crippen LogP contribution is 2.21. The maximum atomic E-state index is 12.3. The van der Waals surface area contributed by atoms with E-state index in [0.717, 1.165) is 29.5 Å². The Labute approximate surface area is 121 Å². The molecule has 104 valence electrons. The minimum atomic E-state index is -1.03. The van der Waals surface area contributed by atoms with Gasteiger partial charge in [-0.05, 0) is 37.5 Å². The van der Waals surface area contributed by atoms with Gasteiger partial charge in [-0.1, -0.05) is 28.1 Å². The van der Waals surface area contributed by atoms with Gasteiger partial charge in [-0.2, -0.15) is 0 Å².